The second-order valence-electron chi connectivity index (χ2n) is 3.30. The third-order valence-corrected chi connectivity index (χ3v) is 2.45. The highest BCUT2D eigenvalue weighted by Gasteiger charge is 2.51. The van der Waals surface area contributed by atoms with Crippen molar-refractivity contribution in [2.75, 3.05) is 20.2 Å². The van der Waals surface area contributed by atoms with Crippen LogP contribution in [0.4, 0.5) is 0 Å². The zero-order chi connectivity index (χ0) is 6.32. The zero-order valence-corrected chi connectivity index (χ0v) is 7.04. The van der Waals surface area contributed by atoms with Crippen molar-refractivity contribution in [1.82, 2.24) is 5.32 Å². The first-order valence-electron chi connectivity index (χ1n) is 3.63. The molecule has 2 bridgehead atoms. The van der Waals surface area contributed by atoms with E-state index in [0.29, 0.717) is 0 Å². The van der Waals surface area contributed by atoms with Gasteiger partial charge in [-0.3, -0.25) is 0 Å². The summed E-state index contributed by atoms with van der Waals surface area (Å²) in [6.07, 6.45) is 2.60. The van der Waals surface area contributed by atoms with E-state index >= 15 is 0 Å². The Morgan fingerprint density at radius 2 is 2.30 bits per heavy atom. The monoisotopic (exact) mass is 163 g/mol. The minimum atomic E-state index is 0. The molecule has 3 fully saturated rings. The Morgan fingerprint density at radius 3 is 2.70 bits per heavy atom. The van der Waals surface area contributed by atoms with Crippen LogP contribution in [0.5, 0.6) is 0 Å². The third kappa shape index (κ3) is 1.04. The quantitative estimate of drug-likeness (QED) is 0.651. The molecule has 2 heterocycles. The number of nitrogens with one attached hydrogen (secondary N) is 1. The summed E-state index contributed by atoms with van der Waals surface area (Å²) >= 11 is 0. The topological polar surface area (TPSA) is 21.3 Å². The van der Waals surface area contributed by atoms with Crippen LogP contribution in [-0.2, 0) is 4.74 Å². The van der Waals surface area contributed by atoms with Gasteiger partial charge < -0.3 is 10.1 Å². The number of hydrogen-bond donors (Lipinski definition) is 1. The van der Waals surface area contributed by atoms with Gasteiger partial charge in [-0.25, -0.2) is 0 Å². The van der Waals surface area contributed by atoms with Gasteiger partial charge in [-0.05, 0) is 25.8 Å². The Kier molecular flexibility index (Phi) is 2.23. The first kappa shape index (κ1) is 8.31. The lowest BCUT2D eigenvalue weighted by Gasteiger charge is -2.35. The molecule has 0 spiro atoms. The molecule has 0 aromatic rings. The minimum absolute atomic E-state index is 0. The molecule has 3 aliphatic rings. The number of likely N-dealkylation sites (N-methyl/N-ethyl adjacent to an activating group) is 1. The molecule has 0 amide bonds. The first-order chi connectivity index (χ1) is 4.35. The summed E-state index contributed by atoms with van der Waals surface area (Å²) in [6.45, 7) is 2.06. The normalized spacial score (nSPS) is 42.3. The molecule has 0 aromatic carbocycles. The van der Waals surface area contributed by atoms with Crippen LogP contribution in [0.3, 0.4) is 0 Å². The van der Waals surface area contributed by atoms with E-state index in [4.69, 9.17) is 4.74 Å². The Bertz CT molecular complexity index is 117. The molecule has 3 rings (SSSR count). The van der Waals surface area contributed by atoms with Gasteiger partial charge in [-0.2, -0.15) is 0 Å². The Balaban J connectivity index is 0.000000500. The second-order valence-corrected chi connectivity index (χ2v) is 3.30. The molecular formula is C7H14ClNO. The molecule has 1 N–H and O–H groups in total. The van der Waals surface area contributed by atoms with Gasteiger partial charge in [-0.1, -0.05) is 0 Å². The Labute approximate surface area is 67.7 Å². The Hall–Kier alpha value is 0.210. The molecule has 1 saturated carbocycles. The van der Waals surface area contributed by atoms with E-state index in [1.165, 1.54) is 12.8 Å². The van der Waals surface area contributed by atoms with Crippen molar-refractivity contribution in [1.29, 1.82) is 0 Å². The van der Waals surface area contributed by atoms with Gasteiger partial charge >= 0.3 is 0 Å². The van der Waals surface area contributed by atoms with Gasteiger partial charge in [0.25, 0.3) is 0 Å². The predicted molar refractivity (Wildman–Crippen MR) is 42.6 cm³/mol. The van der Waals surface area contributed by atoms with Crippen LogP contribution < -0.4 is 5.32 Å². The minimum Gasteiger partial charge on any atom is -0.373 e. The van der Waals surface area contributed by atoms with Gasteiger partial charge in [0.15, 0.2) is 0 Å². The second kappa shape index (κ2) is 2.68. The molecular weight excluding hydrogens is 150 g/mol. The highest BCUT2D eigenvalue weighted by Crippen LogP contribution is 2.47. The number of fused-ring (bicyclic) bond motifs is 1. The van der Waals surface area contributed by atoms with Crippen LogP contribution in [0.25, 0.3) is 0 Å². The van der Waals surface area contributed by atoms with Crippen LogP contribution in [0.2, 0.25) is 0 Å². The van der Waals surface area contributed by atoms with Gasteiger partial charge in [0.05, 0.1) is 12.2 Å². The lowest BCUT2D eigenvalue weighted by atomic mass is 9.75. The lowest BCUT2D eigenvalue weighted by Crippen LogP contribution is -2.44. The molecule has 0 atom stereocenters. The number of ether oxygens (including phenoxy) is 1. The predicted octanol–water partition coefficient (Wildman–Crippen LogP) is 0.807. The largest absolute Gasteiger partial charge is 0.373 e. The average Bonchev–Trinajstić information content (AvgIpc) is 2.22. The number of halogens is 1. The highest BCUT2D eigenvalue weighted by molar-refractivity contribution is 5.85. The van der Waals surface area contributed by atoms with Crippen molar-refractivity contribution in [2.24, 2.45) is 5.92 Å². The SMILES string of the molecule is CNCC12CC(CO1)C2.Cl. The van der Waals surface area contributed by atoms with E-state index in [1.807, 2.05) is 7.05 Å². The van der Waals surface area contributed by atoms with Crippen LogP contribution in [0, 0.1) is 5.92 Å². The van der Waals surface area contributed by atoms with Crippen molar-refractivity contribution in [2.45, 2.75) is 18.4 Å². The van der Waals surface area contributed by atoms with E-state index in [-0.39, 0.29) is 18.0 Å². The molecule has 0 radical (unpaired) electrons. The van der Waals surface area contributed by atoms with Crippen LogP contribution >= 0.6 is 12.4 Å². The van der Waals surface area contributed by atoms with Gasteiger partial charge in [-0.15, -0.1) is 12.4 Å². The van der Waals surface area contributed by atoms with Crippen LogP contribution in [-0.4, -0.2) is 25.8 Å². The van der Waals surface area contributed by atoms with Crippen molar-refractivity contribution >= 4 is 12.4 Å². The summed E-state index contributed by atoms with van der Waals surface area (Å²) in [5, 5.41) is 3.16. The van der Waals surface area contributed by atoms with Crippen molar-refractivity contribution in [3.05, 3.63) is 0 Å². The number of rotatable bonds is 2. The average molecular weight is 164 g/mol. The smallest absolute Gasteiger partial charge is 0.0813 e. The van der Waals surface area contributed by atoms with Crippen molar-refractivity contribution < 1.29 is 4.74 Å². The summed E-state index contributed by atoms with van der Waals surface area (Å²) in [7, 11) is 1.99. The summed E-state index contributed by atoms with van der Waals surface area (Å²) in [4.78, 5) is 0. The van der Waals surface area contributed by atoms with Crippen molar-refractivity contribution in [3.63, 3.8) is 0 Å². The number of hydrogen-bond acceptors (Lipinski definition) is 2. The van der Waals surface area contributed by atoms with E-state index < -0.39 is 0 Å². The molecule has 2 saturated heterocycles. The fraction of sp³-hybridized carbons (Fsp3) is 1.00. The van der Waals surface area contributed by atoms with E-state index in [1.54, 1.807) is 0 Å². The summed E-state index contributed by atoms with van der Waals surface area (Å²) in [5.41, 5.74) is 0.277. The fourth-order valence-electron chi connectivity index (χ4n) is 2.04. The first-order valence-corrected chi connectivity index (χ1v) is 3.63. The molecule has 2 nitrogen and oxygen atoms in total. The summed E-state index contributed by atoms with van der Waals surface area (Å²) in [5.74, 6) is 0.901. The molecule has 3 heteroatoms. The zero-order valence-electron chi connectivity index (χ0n) is 6.22. The van der Waals surface area contributed by atoms with Crippen LogP contribution in [0.1, 0.15) is 12.8 Å². The van der Waals surface area contributed by atoms with E-state index in [9.17, 15) is 0 Å². The molecule has 2 aliphatic heterocycles. The lowest BCUT2D eigenvalue weighted by molar-refractivity contribution is 0.00445. The maximum absolute atomic E-state index is 5.59. The summed E-state index contributed by atoms with van der Waals surface area (Å²) < 4.78 is 5.59. The summed E-state index contributed by atoms with van der Waals surface area (Å²) in [6, 6.07) is 0. The van der Waals surface area contributed by atoms with Gasteiger partial charge in [0, 0.05) is 6.54 Å². The fourth-order valence-corrected chi connectivity index (χ4v) is 2.04. The maximum Gasteiger partial charge on any atom is 0.0813 e. The van der Waals surface area contributed by atoms with Gasteiger partial charge in [0.1, 0.15) is 0 Å². The maximum atomic E-state index is 5.59. The van der Waals surface area contributed by atoms with Crippen LogP contribution in [0.15, 0.2) is 0 Å². The molecule has 10 heavy (non-hydrogen) atoms. The van der Waals surface area contributed by atoms with E-state index in [2.05, 4.69) is 5.32 Å². The molecule has 0 aromatic heterocycles. The highest BCUT2D eigenvalue weighted by atomic mass is 35.5. The standard InChI is InChI=1S/C7H13NO.ClH/c1-8-5-7-2-6(3-7)4-9-7;/h6,8H,2-5H2,1H3;1H. The molecule has 1 aliphatic carbocycles. The van der Waals surface area contributed by atoms with Gasteiger partial charge in [0.2, 0.25) is 0 Å². The molecule has 0 unspecified atom stereocenters. The molecule has 60 valence electrons. The third-order valence-electron chi connectivity index (χ3n) is 2.45. The van der Waals surface area contributed by atoms with E-state index in [0.717, 1.165) is 19.1 Å². The van der Waals surface area contributed by atoms with Crippen molar-refractivity contribution in [3.8, 4) is 0 Å². The Morgan fingerprint density at radius 1 is 1.60 bits per heavy atom.